The number of likely N-dealkylation sites (tertiary alicyclic amines) is 1. The molecule has 1 aliphatic rings. The normalized spacial score (nSPS) is 18.1. The van der Waals surface area contributed by atoms with Gasteiger partial charge in [-0.25, -0.2) is 4.98 Å². The van der Waals surface area contributed by atoms with Crippen molar-refractivity contribution in [2.24, 2.45) is 0 Å². The minimum absolute atomic E-state index is 0.651. The highest BCUT2D eigenvalue weighted by Gasteiger charge is 2.20. The van der Waals surface area contributed by atoms with Crippen molar-refractivity contribution in [1.29, 1.82) is 0 Å². The lowest BCUT2D eigenvalue weighted by atomic mass is 10.0. The molecule has 1 aliphatic heterocycles. The first-order valence-electron chi connectivity index (χ1n) is 6.26. The Bertz CT molecular complexity index is 358. The van der Waals surface area contributed by atoms with Crippen molar-refractivity contribution in [2.75, 3.05) is 44.4 Å². The van der Waals surface area contributed by atoms with Crippen LogP contribution in [0, 0.1) is 0 Å². The average molecular weight is 234 g/mol. The van der Waals surface area contributed by atoms with E-state index in [1.165, 1.54) is 31.6 Å². The zero-order valence-electron chi connectivity index (χ0n) is 11.0. The lowest BCUT2D eigenvalue weighted by Crippen LogP contribution is -2.42. The lowest BCUT2D eigenvalue weighted by molar-refractivity contribution is 0.253. The molecule has 1 aromatic heterocycles. The molecular weight excluding hydrogens is 212 g/mol. The van der Waals surface area contributed by atoms with Crippen LogP contribution in [0.1, 0.15) is 12.8 Å². The zero-order valence-corrected chi connectivity index (χ0v) is 11.0. The van der Waals surface area contributed by atoms with Crippen LogP contribution in [0.3, 0.4) is 0 Å². The fourth-order valence-electron chi connectivity index (χ4n) is 2.37. The minimum Gasteiger partial charge on any atom is -0.373 e. The predicted molar refractivity (Wildman–Crippen MR) is 72.7 cm³/mol. The van der Waals surface area contributed by atoms with Gasteiger partial charge in [-0.05, 0) is 39.0 Å². The van der Waals surface area contributed by atoms with Gasteiger partial charge in [0.05, 0.1) is 0 Å². The van der Waals surface area contributed by atoms with Crippen molar-refractivity contribution in [1.82, 2.24) is 9.88 Å². The largest absolute Gasteiger partial charge is 0.373 e. The lowest BCUT2D eigenvalue weighted by Gasteiger charge is -2.36. The third kappa shape index (κ3) is 2.88. The summed E-state index contributed by atoms with van der Waals surface area (Å²) in [5, 5.41) is 3.09. The molecule has 4 heteroatoms. The SMILES string of the molecule is CNc1cc(N(C)C2CCN(C)CC2)ccn1. The summed E-state index contributed by atoms with van der Waals surface area (Å²) >= 11 is 0. The Hall–Kier alpha value is -1.29. The van der Waals surface area contributed by atoms with Crippen LogP contribution in [0.4, 0.5) is 11.5 Å². The van der Waals surface area contributed by atoms with Gasteiger partial charge in [0.15, 0.2) is 0 Å². The van der Waals surface area contributed by atoms with E-state index in [0.717, 1.165) is 5.82 Å². The number of nitrogens with one attached hydrogen (secondary N) is 1. The standard InChI is InChI=1S/C13H22N4/c1-14-13-10-12(4-7-15-13)17(3)11-5-8-16(2)9-6-11/h4,7,10-11H,5-6,8-9H2,1-3H3,(H,14,15). The van der Waals surface area contributed by atoms with E-state index >= 15 is 0 Å². The van der Waals surface area contributed by atoms with Gasteiger partial charge in [-0.3, -0.25) is 0 Å². The van der Waals surface area contributed by atoms with Gasteiger partial charge in [0, 0.05) is 38.1 Å². The number of nitrogens with zero attached hydrogens (tertiary/aromatic N) is 3. The van der Waals surface area contributed by atoms with Gasteiger partial charge >= 0.3 is 0 Å². The first-order chi connectivity index (χ1) is 8.20. The fourth-order valence-corrected chi connectivity index (χ4v) is 2.37. The molecule has 0 aliphatic carbocycles. The number of piperidine rings is 1. The van der Waals surface area contributed by atoms with Crippen molar-refractivity contribution in [2.45, 2.75) is 18.9 Å². The average Bonchev–Trinajstić information content (AvgIpc) is 2.39. The first-order valence-corrected chi connectivity index (χ1v) is 6.26. The summed E-state index contributed by atoms with van der Waals surface area (Å²) < 4.78 is 0. The van der Waals surface area contributed by atoms with Crippen LogP contribution >= 0.6 is 0 Å². The minimum atomic E-state index is 0.651. The molecule has 1 saturated heterocycles. The molecular formula is C13H22N4. The van der Waals surface area contributed by atoms with Gasteiger partial charge < -0.3 is 15.1 Å². The van der Waals surface area contributed by atoms with E-state index in [1.54, 1.807) is 0 Å². The topological polar surface area (TPSA) is 31.4 Å². The molecule has 1 fully saturated rings. The first kappa shape index (κ1) is 12.2. The Balaban J connectivity index is 2.05. The maximum atomic E-state index is 4.25. The van der Waals surface area contributed by atoms with E-state index in [1.807, 2.05) is 13.2 Å². The molecule has 0 unspecified atom stereocenters. The number of rotatable bonds is 3. The summed E-state index contributed by atoms with van der Waals surface area (Å²) in [6.45, 7) is 2.39. The molecule has 17 heavy (non-hydrogen) atoms. The number of aromatic nitrogens is 1. The Morgan fingerprint density at radius 2 is 2.12 bits per heavy atom. The van der Waals surface area contributed by atoms with Crippen LogP contribution in [-0.4, -0.2) is 50.2 Å². The highest BCUT2D eigenvalue weighted by atomic mass is 15.2. The molecule has 0 aromatic carbocycles. The second kappa shape index (κ2) is 5.36. The van der Waals surface area contributed by atoms with Crippen LogP contribution in [0.5, 0.6) is 0 Å². The summed E-state index contributed by atoms with van der Waals surface area (Å²) in [5.41, 5.74) is 1.25. The quantitative estimate of drug-likeness (QED) is 0.862. The van der Waals surface area contributed by atoms with E-state index in [4.69, 9.17) is 0 Å². The van der Waals surface area contributed by atoms with Gasteiger partial charge in [-0.15, -0.1) is 0 Å². The van der Waals surface area contributed by atoms with E-state index in [2.05, 4.69) is 46.3 Å². The van der Waals surface area contributed by atoms with E-state index in [0.29, 0.717) is 6.04 Å². The molecule has 1 aromatic rings. The smallest absolute Gasteiger partial charge is 0.127 e. The molecule has 1 N–H and O–H groups in total. The molecule has 0 saturated carbocycles. The molecule has 0 radical (unpaired) electrons. The zero-order chi connectivity index (χ0) is 12.3. The molecule has 4 nitrogen and oxygen atoms in total. The molecule has 0 amide bonds. The number of hydrogen-bond donors (Lipinski definition) is 1. The molecule has 2 heterocycles. The van der Waals surface area contributed by atoms with Gasteiger partial charge in [0.2, 0.25) is 0 Å². The summed E-state index contributed by atoms with van der Waals surface area (Å²) in [6, 6.07) is 4.84. The van der Waals surface area contributed by atoms with Crippen LogP contribution in [0.15, 0.2) is 18.3 Å². The van der Waals surface area contributed by atoms with Gasteiger partial charge in [-0.1, -0.05) is 0 Å². The Kier molecular flexibility index (Phi) is 3.84. The summed E-state index contributed by atoms with van der Waals surface area (Å²) in [7, 11) is 6.29. The van der Waals surface area contributed by atoms with Crippen LogP contribution in [0.2, 0.25) is 0 Å². The van der Waals surface area contributed by atoms with Crippen molar-refractivity contribution in [3.8, 4) is 0 Å². The van der Waals surface area contributed by atoms with E-state index in [9.17, 15) is 0 Å². The predicted octanol–water partition coefficient (Wildman–Crippen LogP) is 1.65. The van der Waals surface area contributed by atoms with E-state index in [-0.39, 0.29) is 0 Å². The number of anilines is 2. The Morgan fingerprint density at radius 1 is 1.41 bits per heavy atom. The third-order valence-electron chi connectivity index (χ3n) is 3.64. The molecule has 0 spiro atoms. The summed E-state index contributed by atoms with van der Waals surface area (Å²) in [6.07, 6.45) is 4.35. The monoisotopic (exact) mass is 234 g/mol. The fraction of sp³-hybridized carbons (Fsp3) is 0.615. The van der Waals surface area contributed by atoms with Crippen LogP contribution < -0.4 is 10.2 Å². The Morgan fingerprint density at radius 3 is 2.76 bits per heavy atom. The van der Waals surface area contributed by atoms with Crippen molar-refractivity contribution >= 4 is 11.5 Å². The van der Waals surface area contributed by atoms with Gasteiger partial charge in [0.25, 0.3) is 0 Å². The number of pyridine rings is 1. The van der Waals surface area contributed by atoms with Gasteiger partial charge in [0.1, 0.15) is 5.82 Å². The van der Waals surface area contributed by atoms with Crippen molar-refractivity contribution in [3.63, 3.8) is 0 Å². The molecule has 0 atom stereocenters. The second-order valence-corrected chi connectivity index (χ2v) is 4.79. The Labute approximate surface area is 104 Å². The molecule has 94 valence electrons. The third-order valence-corrected chi connectivity index (χ3v) is 3.64. The number of hydrogen-bond acceptors (Lipinski definition) is 4. The van der Waals surface area contributed by atoms with Crippen LogP contribution in [0.25, 0.3) is 0 Å². The van der Waals surface area contributed by atoms with E-state index < -0.39 is 0 Å². The maximum Gasteiger partial charge on any atom is 0.127 e. The maximum absolute atomic E-state index is 4.25. The molecule has 2 rings (SSSR count). The molecule has 0 bridgehead atoms. The van der Waals surface area contributed by atoms with Crippen LogP contribution in [-0.2, 0) is 0 Å². The van der Waals surface area contributed by atoms with Crippen molar-refractivity contribution < 1.29 is 0 Å². The van der Waals surface area contributed by atoms with Crippen molar-refractivity contribution in [3.05, 3.63) is 18.3 Å². The summed E-state index contributed by atoms with van der Waals surface area (Å²) in [5.74, 6) is 0.933. The highest BCUT2D eigenvalue weighted by molar-refractivity contribution is 5.53. The second-order valence-electron chi connectivity index (χ2n) is 4.79. The highest BCUT2D eigenvalue weighted by Crippen LogP contribution is 2.22. The van der Waals surface area contributed by atoms with Gasteiger partial charge in [-0.2, -0.15) is 0 Å². The summed E-state index contributed by atoms with van der Waals surface area (Å²) in [4.78, 5) is 9.03.